The third kappa shape index (κ3) is 3.05. The van der Waals surface area contributed by atoms with Crippen LogP contribution < -0.4 is 10.6 Å². The third-order valence-electron chi connectivity index (χ3n) is 4.71. The van der Waals surface area contributed by atoms with Gasteiger partial charge in [0.1, 0.15) is 0 Å². The molecule has 0 bridgehead atoms. The lowest BCUT2D eigenvalue weighted by Crippen LogP contribution is -2.49. The summed E-state index contributed by atoms with van der Waals surface area (Å²) in [6.45, 7) is 0.973. The van der Waals surface area contributed by atoms with E-state index in [0.717, 1.165) is 30.5 Å². The number of H-pyrrole nitrogens is 1. The molecular weight excluding hydrogens is 334 g/mol. The molecule has 134 valence electrons. The zero-order valence-corrected chi connectivity index (χ0v) is 14.2. The van der Waals surface area contributed by atoms with Gasteiger partial charge in [0.05, 0.1) is 6.54 Å². The molecule has 0 unspecified atom stereocenters. The number of nitrogens with one attached hydrogen (secondary N) is 3. The molecule has 0 atom stereocenters. The maximum absolute atomic E-state index is 12.6. The zero-order chi connectivity index (χ0) is 18.1. The van der Waals surface area contributed by atoms with Gasteiger partial charge in [-0.2, -0.15) is 5.10 Å². The van der Waals surface area contributed by atoms with E-state index in [1.807, 2.05) is 0 Å². The van der Waals surface area contributed by atoms with E-state index in [0.29, 0.717) is 30.0 Å². The van der Waals surface area contributed by atoms with Crippen LogP contribution in [-0.4, -0.2) is 52.5 Å². The first kappa shape index (κ1) is 16.3. The smallest absolute Gasteiger partial charge is 0.276 e. The topological polar surface area (TPSA) is 107 Å². The SMILES string of the molecule is O=C1CN(C(=O)c2cccc(NC(=O)c3n[nH]c4c3CCC4)c2)CCN1. The first-order valence-electron chi connectivity index (χ1n) is 8.65. The Kier molecular flexibility index (Phi) is 4.16. The van der Waals surface area contributed by atoms with Gasteiger partial charge in [-0.15, -0.1) is 0 Å². The van der Waals surface area contributed by atoms with Crippen molar-refractivity contribution in [2.45, 2.75) is 19.3 Å². The number of carbonyl (C=O) groups excluding carboxylic acids is 3. The molecule has 8 heteroatoms. The molecule has 1 aromatic carbocycles. The van der Waals surface area contributed by atoms with E-state index in [1.54, 1.807) is 24.3 Å². The fourth-order valence-corrected chi connectivity index (χ4v) is 3.42. The maximum Gasteiger partial charge on any atom is 0.276 e. The highest BCUT2D eigenvalue weighted by atomic mass is 16.2. The number of nitrogens with zero attached hydrogens (tertiary/aromatic N) is 2. The number of carbonyl (C=O) groups is 3. The van der Waals surface area contributed by atoms with Crippen LogP contribution in [0.1, 0.15) is 38.5 Å². The van der Waals surface area contributed by atoms with E-state index in [2.05, 4.69) is 20.8 Å². The highest BCUT2D eigenvalue weighted by molar-refractivity contribution is 6.05. The largest absolute Gasteiger partial charge is 0.353 e. The first-order valence-corrected chi connectivity index (χ1v) is 8.65. The Morgan fingerprint density at radius 1 is 1.23 bits per heavy atom. The minimum atomic E-state index is -0.286. The van der Waals surface area contributed by atoms with Gasteiger partial charge < -0.3 is 15.5 Å². The lowest BCUT2D eigenvalue weighted by Gasteiger charge is -2.26. The Hall–Kier alpha value is -3.16. The summed E-state index contributed by atoms with van der Waals surface area (Å²) < 4.78 is 0. The van der Waals surface area contributed by atoms with Crippen molar-refractivity contribution in [2.75, 3.05) is 25.0 Å². The van der Waals surface area contributed by atoms with E-state index >= 15 is 0 Å². The molecular formula is C18H19N5O3. The van der Waals surface area contributed by atoms with Gasteiger partial charge in [-0.3, -0.25) is 19.5 Å². The second kappa shape index (κ2) is 6.62. The normalized spacial score (nSPS) is 16.2. The molecule has 1 aliphatic heterocycles. The number of aromatic amines is 1. The average molecular weight is 353 g/mol. The molecule has 8 nitrogen and oxygen atoms in total. The number of rotatable bonds is 3. The van der Waals surface area contributed by atoms with Crippen molar-refractivity contribution in [1.82, 2.24) is 20.4 Å². The van der Waals surface area contributed by atoms with Crippen molar-refractivity contribution in [3.8, 4) is 0 Å². The minimum absolute atomic E-state index is 0.0504. The monoisotopic (exact) mass is 353 g/mol. The molecule has 1 saturated heterocycles. The van der Waals surface area contributed by atoms with Gasteiger partial charge in [0.25, 0.3) is 11.8 Å². The van der Waals surface area contributed by atoms with Gasteiger partial charge in [0, 0.05) is 35.6 Å². The molecule has 2 aliphatic rings. The van der Waals surface area contributed by atoms with E-state index in [4.69, 9.17) is 0 Å². The van der Waals surface area contributed by atoms with Gasteiger partial charge in [-0.05, 0) is 37.5 Å². The lowest BCUT2D eigenvalue weighted by molar-refractivity contribution is -0.123. The summed E-state index contributed by atoms with van der Waals surface area (Å²) in [5, 5.41) is 12.5. The first-order chi connectivity index (χ1) is 12.6. The van der Waals surface area contributed by atoms with Crippen molar-refractivity contribution < 1.29 is 14.4 Å². The average Bonchev–Trinajstić information content (AvgIpc) is 3.24. The number of hydrogen-bond donors (Lipinski definition) is 3. The summed E-state index contributed by atoms with van der Waals surface area (Å²) in [5.41, 5.74) is 3.39. The quantitative estimate of drug-likeness (QED) is 0.756. The minimum Gasteiger partial charge on any atom is -0.353 e. The molecule has 3 N–H and O–H groups in total. The molecule has 1 aromatic heterocycles. The number of benzene rings is 1. The predicted octanol–water partition coefficient (Wildman–Crippen LogP) is 0.723. The fraction of sp³-hybridized carbons (Fsp3) is 0.333. The highest BCUT2D eigenvalue weighted by Gasteiger charge is 2.24. The number of hydrogen-bond acceptors (Lipinski definition) is 4. The van der Waals surface area contributed by atoms with Crippen LogP contribution in [0.5, 0.6) is 0 Å². The lowest BCUT2D eigenvalue weighted by atomic mass is 10.1. The predicted molar refractivity (Wildman–Crippen MR) is 93.9 cm³/mol. The molecule has 3 amide bonds. The maximum atomic E-state index is 12.6. The van der Waals surface area contributed by atoms with E-state index < -0.39 is 0 Å². The van der Waals surface area contributed by atoms with Crippen LogP contribution in [0.15, 0.2) is 24.3 Å². The Labute approximate surface area is 150 Å². The molecule has 1 aliphatic carbocycles. The van der Waals surface area contributed by atoms with E-state index in [-0.39, 0.29) is 24.3 Å². The number of aromatic nitrogens is 2. The van der Waals surface area contributed by atoms with Gasteiger partial charge in [0.2, 0.25) is 5.91 Å². The van der Waals surface area contributed by atoms with Gasteiger partial charge in [0.15, 0.2) is 5.69 Å². The summed E-state index contributed by atoms with van der Waals surface area (Å²) in [4.78, 5) is 38.1. The number of amides is 3. The summed E-state index contributed by atoms with van der Waals surface area (Å²) in [6, 6.07) is 6.74. The summed E-state index contributed by atoms with van der Waals surface area (Å²) in [5.74, 6) is -0.676. The van der Waals surface area contributed by atoms with Gasteiger partial charge >= 0.3 is 0 Å². The Morgan fingerprint density at radius 3 is 2.96 bits per heavy atom. The summed E-state index contributed by atoms with van der Waals surface area (Å²) in [7, 11) is 0. The van der Waals surface area contributed by atoms with Crippen molar-refractivity contribution in [3.63, 3.8) is 0 Å². The van der Waals surface area contributed by atoms with Crippen LogP contribution in [0.25, 0.3) is 0 Å². The highest BCUT2D eigenvalue weighted by Crippen LogP contribution is 2.23. The van der Waals surface area contributed by atoms with Crippen LogP contribution in [0.3, 0.4) is 0 Å². The van der Waals surface area contributed by atoms with Crippen LogP contribution in [-0.2, 0) is 17.6 Å². The molecule has 4 rings (SSSR count). The van der Waals surface area contributed by atoms with Crippen LogP contribution in [0, 0.1) is 0 Å². The molecule has 0 radical (unpaired) electrons. The van der Waals surface area contributed by atoms with Crippen molar-refractivity contribution in [2.24, 2.45) is 0 Å². The van der Waals surface area contributed by atoms with Crippen molar-refractivity contribution >= 4 is 23.4 Å². The number of anilines is 1. The second-order valence-corrected chi connectivity index (χ2v) is 6.49. The molecule has 2 aromatic rings. The van der Waals surface area contributed by atoms with Crippen LogP contribution in [0.4, 0.5) is 5.69 Å². The third-order valence-corrected chi connectivity index (χ3v) is 4.71. The zero-order valence-electron chi connectivity index (χ0n) is 14.2. The number of aryl methyl sites for hydroxylation is 1. The number of fused-ring (bicyclic) bond motifs is 1. The van der Waals surface area contributed by atoms with Crippen LogP contribution >= 0.6 is 0 Å². The van der Waals surface area contributed by atoms with E-state index in [1.165, 1.54) is 4.90 Å². The van der Waals surface area contributed by atoms with E-state index in [9.17, 15) is 14.4 Å². The Bertz CT molecular complexity index is 889. The van der Waals surface area contributed by atoms with Gasteiger partial charge in [-0.25, -0.2) is 0 Å². The molecule has 0 saturated carbocycles. The number of piperazine rings is 1. The second-order valence-electron chi connectivity index (χ2n) is 6.49. The Balaban J connectivity index is 1.49. The van der Waals surface area contributed by atoms with Crippen molar-refractivity contribution in [3.05, 3.63) is 46.8 Å². The van der Waals surface area contributed by atoms with Crippen molar-refractivity contribution in [1.29, 1.82) is 0 Å². The standard InChI is InChI=1S/C18H19N5O3/c24-15-10-23(8-7-19-15)18(26)11-3-1-4-12(9-11)20-17(25)16-13-5-2-6-14(13)21-22-16/h1,3-4,9H,2,5-8,10H2,(H,19,24)(H,20,25)(H,21,22). The fourth-order valence-electron chi connectivity index (χ4n) is 3.42. The summed E-state index contributed by atoms with van der Waals surface area (Å²) >= 11 is 0. The Morgan fingerprint density at radius 2 is 2.12 bits per heavy atom. The van der Waals surface area contributed by atoms with Crippen LogP contribution in [0.2, 0.25) is 0 Å². The molecule has 1 fully saturated rings. The summed E-state index contributed by atoms with van der Waals surface area (Å²) in [6.07, 6.45) is 2.80. The molecule has 2 heterocycles. The van der Waals surface area contributed by atoms with Gasteiger partial charge in [-0.1, -0.05) is 6.07 Å². The molecule has 0 spiro atoms. The molecule has 26 heavy (non-hydrogen) atoms.